The largest absolute Gasteiger partial charge is 0.463 e. The number of carbonyl (C=O) groups excluding carboxylic acids is 2. The van der Waals surface area contributed by atoms with Gasteiger partial charge in [-0.1, -0.05) is 11.6 Å². The van der Waals surface area contributed by atoms with E-state index in [0.717, 1.165) is 17.8 Å². The quantitative estimate of drug-likeness (QED) is 0.303. The number of esters is 1. The lowest BCUT2D eigenvalue weighted by atomic mass is 10.1. The van der Waals surface area contributed by atoms with E-state index in [0.29, 0.717) is 30.9 Å². The van der Waals surface area contributed by atoms with Gasteiger partial charge in [-0.05, 0) is 39.0 Å². The number of hydrogen-bond donors (Lipinski definition) is 1. The molecule has 0 radical (unpaired) electrons. The van der Waals surface area contributed by atoms with E-state index in [1.54, 1.807) is 25.1 Å². The third-order valence-corrected chi connectivity index (χ3v) is 3.44. The average Bonchev–Trinajstić information content (AvgIpc) is 2.60. The number of anilines is 1. The monoisotopic (exact) mass is 347 g/mol. The molecule has 0 saturated carbocycles. The zero-order valence-corrected chi connectivity index (χ0v) is 14.9. The predicted molar refractivity (Wildman–Crippen MR) is 97.5 cm³/mol. The molecular formula is C19H25NO5. The number of nitrogens with zero attached hydrogens (tertiary/aromatic N) is 1. The van der Waals surface area contributed by atoms with Crippen LogP contribution in [0.4, 0.5) is 5.69 Å². The fraction of sp³-hybridized carbons (Fsp3) is 0.368. The molecule has 0 saturated heterocycles. The van der Waals surface area contributed by atoms with Gasteiger partial charge in [0.25, 0.3) is 6.47 Å². The molecule has 0 spiro atoms. The van der Waals surface area contributed by atoms with Crippen molar-refractivity contribution >= 4 is 24.2 Å². The molecular weight excluding hydrogens is 322 g/mol. The maximum Gasteiger partial charge on any atom is 0.330 e. The van der Waals surface area contributed by atoms with Crippen LogP contribution in [0.25, 0.3) is 6.08 Å². The molecule has 0 unspecified atom stereocenters. The molecule has 0 heterocycles. The first-order chi connectivity index (χ1) is 12.0. The van der Waals surface area contributed by atoms with E-state index in [-0.39, 0.29) is 6.61 Å². The highest BCUT2D eigenvalue weighted by Crippen LogP contribution is 2.27. The van der Waals surface area contributed by atoms with Crippen LogP contribution in [0.5, 0.6) is 5.75 Å². The lowest BCUT2D eigenvalue weighted by molar-refractivity contribution is -0.137. The number of likely N-dealkylation sites (N-methyl/N-ethyl adjacent to an activating group) is 1. The number of hydrogen-bond acceptors (Lipinski definition) is 6. The second-order valence-electron chi connectivity index (χ2n) is 5.21. The van der Waals surface area contributed by atoms with E-state index in [1.807, 2.05) is 30.9 Å². The molecule has 0 amide bonds. The van der Waals surface area contributed by atoms with Crippen molar-refractivity contribution < 1.29 is 24.2 Å². The van der Waals surface area contributed by atoms with Crippen molar-refractivity contribution in [2.24, 2.45) is 0 Å². The predicted octanol–water partition coefficient (Wildman–Crippen LogP) is 2.56. The summed E-state index contributed by atoms with van der Waals surface area (Å²) >= 11 is 0. The van der Waals surface area contributed by atoms with Gasteiger partial charge in [0.1, 0.15) is 5.75 Å². The first-order valence-corrected chi connectivity index (χ1v) is 8.19. The van der Waals surface area contributed by atoms with E-state index >= 15 is 0 Å². The van der Waals surface area contributed by atoms with E-state index in [4.69, 9.17) is 14.6 Å². The second-order valence-corrected chi connectivity index (χ2v) is 5.21. The normalized spacial score (nSPS) is 11.4. The van der Waals surface area contributed by atoms with Crippen molar-refractivity contribution in [3.63, 3.8) is 0 Å². The number of rotatable bonds is 10. The second kappa shape index (κ2) is 11.0. The number of benzene rings is 1. The minimum absolute atomic E-state index is 0.0388. The first kappa shape index (κ1) is 20.4. The molecule has 1 N–H and O–H groups in total. The van der Waals surface area contributed by atoms with Crippen LogP contribution >= 0.6 is 0 Å². The molecule has 0 aliphatic rings. The molecule has 0 bridgehead atoms. The van der Waals surface area contributed by atoms with Gasteiger partial charge in [0.05, 0.1) is 13.2 Å². The standard InChI is InChI=1S/C19H25NO5/c1-4-20(10-11-21)17-8-7-16(18(13-17)25-14-22)12-15(3)6-9-19(23)24-5-2/h6-9,12-14,21H,4-5,10-11H2,1-3H3/b9-6+,15-12+. The minimum Gasteiger partial charge on any atom is -0.463 e. The summed E-state index contributed by atoms with van der Waals surface area (Å²) in [4.78, 5) is 24.1. The summed E-state index contributed by atoms with van der Waals surface area (Å²) in [6.45, 7) is 7.51. The van der Waals surface area contributed by atoms with Crippen molar-refractivity contribution in [1.29, 1.82) is 0 Å². The van der Waals surface area contributed by atoms with Gasteiger partial charge in [-0.3, -0.25) is 4.79 Å². The first-order valence-electron chi connectivity index (χ1n) is 8.19. The van der Waals surface area contributed by atoms with Crippen LogP contribution in [0.2, 0.25) is 0 Å². The maximum absolute atomic E-state index is 11.4. The Balaban J connectivity index is 3.07. The van der Waals surface area contributed by atoms with Gasteiger partial charge < -0.3 is 19.5 Å². The van der Waals surface area contributed by atoms with Crippen LogP contribution in [-0.2, 0) is 14.3 Å². The van der Waals surface area contributed by atoms with E-state index in [1.165, 1.54) is 6.08 Å². The minimum atomic E-state index is -0.405. The van der Waals surface area contributed by atoms with Crippen LogP contribution in [0.3, 0.4) is 0 Å². The summed E-state index contributed by atoms with van der Waals surface area (Å²) in [5.41, 5.74) is 2.37. The number of carbonyl (C=O) groups is 2. The highest BCUT2D eigenvalue weighted by atomic mass is 16.5. The fourth-order valence-corrected chi connectivity index (χ4v) is 2.27. The maximum atomic E-state index is 11.4. The Bertz CT molecular complexity index is 637. The SMILES string of the molecule is CCOC(=O)/C=C/C(C)=C/c1ccc(N(CC)CCO)cc1OC=O. The lowest BCUT2D eigenvalue weighted by Gasteiger charge is -2.22. The van der Waals surface area contributed by atoms with Crippen LogP contribution in [0, 0.1) is 0 Å². The summed E-state index contributed by atoms with van der Waals surface area (Å²) in [5.74, 6) is 0.00493. The van der Waals surface area contributed by atoms with Gasteiger partial charge in [-0.25, -0.2) is 4.79 Å². The topological polar surface area (TPSA) is 76.1 Å². The van der Waals surface area contributed by atoms with E-state index in [9.17, 15) is 9.59 Å². The van der Waals surface area contributed by atoms with Gasteiger partial charge >= 0.3 is 5.97 Å². The molecule has 1 aromatic carbocycles. The number of aliphatic hydroxyl groups excluding tert-OH is 1. The number of allylic oxidation sites excluding steroid dienone is 2. The molecule has 1 aromatic rings. The zero-order chi connectivity index (χ0) is 18.7. The van der Waals surface area contributed by atoms with Crippen LogP contribution < -0.4 is 9.64 Å². The Morgan fingerprint density at radius 3 is 2.64 bits per heavy atom. The molecule has 1 rings (SSSR count). The highest BCUT2D eigenvalue weighted by Gasteiger charge is 2.09. The average molecular weight is 347 g/mol. The molecule has 0 aromatic heterocycles. The van der Waals surface area contributed by atoms with Crippen molar-refractivity contribution in [1.82, 2.24) is 0 Å². The summed E-state index contributed by atoms with van der Waals surface area (Å²) in [7, 11) is 0. The highest BCUT2D eigenvalue weighted by molar-refractivity contribution is 5.83. The third-order valence-electron chi connectivity index (χ3n) is 3.44. The third kappa shape index (κ3) is 6.81. The van der Waals surface area contributed by atoms with Crippen molar-refractivity contribution in [3.8, 4) is 5.75 Å². The molecule has 0 aliphatic heterocycles. The van der Waals surface area contributed by atoms with Crippen LogP contribution in [0.1, 0.15) is 26.3 Å². The van der Waals surface area contributed by atoms with Gasteiger partial charge in [0.2, 0.25) is 0 Å². The molecule has 0 aliphatic carbocycles. The van der Waals surface area contributed by atoms with Crippen LogP contribution in [-0.4, -0.2) is 43.9 Å². The Kier molecular flexibility index (Phi) is 9.03. The zero-order valence-electron chi connectivity index (χ0n) is 14.9. The van der Waals surface area contributed by atoms with Gasteiger partial charge in [-0.15, -0.1) is 0 Å². The van der Waals surface area contributed by atoms with E-state index in [2.05, 4.69) is 0 Å². The van der Waals surface area contributed by atoms with E-state index < -0.39 is 5.97 Å². The Morgan fingerprint density at radius 1 is 1.28 bits per heavy atom. The van der Waals surface area contributed by atoms with Gasteiger partial charge in [-0.2, -0.15) is 0 Å². The Labute approximate surface area is 148 Å². The Hall–Kier alpha value is -2.60. The molecule has 6 heteroatoms. The lowest BCUT2D eigenvalue weighted by Crippen LogP contribution is -2.26. The van der Waals surface area contributed by atoms with Crippen molar-refractivity contribution in [3.05, 3.63) is 41.5 Å². The summed E-state index contributed by atoms with van der Waals surface area (Å²) < 4.78 is 9.92. The molecule has 0 atom stereocenters. The van der Waals surface area contributed by atoms with Gasteiger partial charge in [0.15, 0.2) is 0 Å². The molecule has 6 nitrogen and oxygen atoms in total. The Morgan fingerprint density at radius 2 is 2.04 bits per heavy atom. The summed E-state index contributed by atoms with van der Waals surface area (Å²) in [6.07, 6.45) is 4.80. The summed E-state index contributed by atoms with van der Waals surface area (Å²) in [5, 5.41) is 9.13. The number of ether oxygens (including phenoxy) is 2. The summed E-state index contributed by atoms with van der Waals surface area (Å²) in [6, 6.07) is 5.47. The van der Waals surface area contributed by atoms with Crippen LogP contribution in [0.15, 0.2) is 35.9 Å². The smallest absolute Gasteiger partial charge is 0.330 e. The molecule has 136 valence electrons. The van der Waals surface area contributed by atoms with Crippen molar-refractivity contribution in [2.75, 3.05) is 31.2 Å². The molecule has 0 fully saturated rings. The van der Waals surface area contributed by atoms with Crippen molar-refractivity contribution in [2.45, 2.75) is 20.8 Å². The van der Waals surface area contributed by atoms with Gasteiger partial charge in [0, 0.05) is 36.5 Å². The fourth-order valence-electron chi connectivity index (χ4n) is 2.27. The molecule has 25 heavy (non-hydrogen) atoms. The number of aliphatic hydroxyl groups is 1.